The van der Waals surface area contributed by atoms with Crippen LogP contribution in [-0.2, 0) is 19.1 Å². The number of benzene rings is 2. The first-order chi connectivity index (χ1) is 18.8. The van der Waals surface area contributed by atoms with Crippen molar-refractivity contribution in [2.75, 3.05) is 19.1 Å². The molecular weight excluding hydrogens is 522 g/mol. The number of pyridine rings is 1. The zero-order valence-corrected chi connectivity index (χ0v) is 21.5. The number of carbonyl (C=O) groups excluding carboxylic acids is 2. The molecule has 1 aliphatic rings. The molecule has 0 fully saturated rings. The van der Waals surface area contributed by atoms with E-state index in [-0.39, 0.29) is 33.4 Å². The van der Waals surface area contributed by atoms with Crippen LogP contribution in [0.25, 0.3) is 0 Å². The summed E-state index contributed by atoms with van der Waals surface area (Å²) in [6.45, 7) is 0. The lowest BCUT2D eigenvalue weighted by atomic mass is 9.81. The number of anilines is 1. The highest BCUT2D eigenvalue weighted by Crippen LogP contribution is 2.43. The molecule has 0 amide bonds. The lowest BCUT2D eigenvalue weighted by molar-refractivity contribution is -0.388. The van der Waals surface area contributed by atoms with Crippen molar-refractivity contribution in [3.05, 3.63) is 111 Å². The van der Waals surface area contributed by atoms with Crippen LogP contribution in [0, 0.1) is 21.4 Å². The van der Waals surface area contributed by atoms with Crippen LogP contribution in [-0.4, -0.2) is 36.1 Å². The van der Waals surface area contributed by atoms with Gasteiger partial charge in [0.2, 0.25) is 0 Å². The summed E-state index contributed by atoms with van der Waals surface area (Å²) in [7, 11) is 2.34. The fraction of sp³-hybridized carbons (Fsp3) is 0.111. The van der Waals surface area contributed by atoms with Crippen molar-refractivity contribution < 1.29 is 24.0 Å². The number of nitrogens with zero attached hydrogens (tertiary/aromatic N) is 4. The van der Waals surface area contributed by atoms with Gasteiger partial charge in [-0.25, -0.2) is 14.6 Å². The molecule has 0 saturated heterocycles. The van der Waals surface area contributed by atoms with Gasteiger partial charge in [-0.05, 0) is 35.9 Å². The van der Waals surface area contributed by atoms with Crippen LogP contribution < -0.4 is 10.6 Å². The van der Waals surface area contributed by atoms with Crippen molar-refractivity contribution in [3.63, 3.8) is 0 Å². The fourth-order valence-corrected chi connectivity index (χ4v) is 5.01. The first kappa shape index (κ1) is 26.9. The summed E-state index contributed by atoms with van der Waals surface area (Å²) in [5, 5.41) is 21.7. The Bertz CT molecular complexity index is 1550. The van der Waals surface area contributed by atoms with Crippen molar-refractivity contribution >= 4 is 35.1 Å². The molecule has 11 nitrogen and oxygen atoms in total. The monoisotopic (exact) mass is 543 g/mol. The van der Waals surface area contributed by atoms with E-state index in [2.05, 4.69) is 11.1 Å². The van der Waals surface area contributed by atoms with E-state index in [9.17, 15) is 25.0 Å². The van der Waals surface area contributed by atoms with E-state index in [4.69, 9.17) is 15.2 Å². The first-order valence-corrected chi connectivity index (χ1v) is 12.2. The highest BCUT2D eigenvalue weighted by atomic mass is 32.2. The molecule has 2 aromatic carbocycles. The molecule has 0 spiro atoms. The largest absolute Gasteiger partial charge is 0.466 e. The Hall–Kier alpha value is -5.15. The van der Waals surface area contributed by atoms with Gasteiger partial charge in [-0.1, -0.05) is 42.1 Å². The quantitative estimate of drug-likeness (QED) is 0.260. The van der Waals surface area contributed by atoms with E-state index in [1.807, 2.05) is 0 Å². The van der Waals surface area contributed by atoms with Gasteiger partial charge < -0.3 is 15.2 Å². The number of ether oxygens (including phenoxy) is 2. The van der Waals surface area contributed by atoms with Gasteiger partial charge in [-0.3, -0.25) is 15.0 Å². The highest BCUT2D eigenvalue weighted by molar-refractivity contribution is 7.99. The van der Waals surface area contributed by atoms with Gasteiger partial charge in [-0.15, -0.1) is 0 Å². The summed E-state index contributed by atoms with van der Waals surface area (Å²) < 4.78 is 10.0. The highest BCUT2D eigenvalue weighted by Gasteiger charge is 2.43. The zero-order chi connectivity index (χ0) is 28.1. The van der Waals surface area contributed by atoms with E-state index in [0.717, 1.165) is 11.8 Å². The van der Waals surface area contributed by atoms with Gasteiger partial charge in [0, 0.05) is 22.8 Å². The smallest absolute Gasteiger partial charge is 0.355 e. The molecule has 2 heterocycles. The summed E-state index contributed by atoms with van der Waals surface area (Å²) in [5.74, 6) is -2.74. The van der Waals surface area contributed by atoms with Crippen LogP contribution >= 0.6 is 11.8 Å². The number of nitrogens with two attached hydrogens (primary N) is 1. The van der Waals surface area contributed by atoms with Crippen LogP contribution in [0.2, 0.25) is 0 Å². The predicted molar refractivity (Wildman–Crippen MR) is 141 cm³/mol. The normalized spacial score (nSPS) is 15.0. The lowest BCUT2D eigenvalue weighted by Crippen LogP contribution is -2.40. The summed E-state index contributed by atoms with van der Waals surface area (Å²) in [6.07, 6.45) is 1.46. The number of methoxy groups -OCH3 is 2. The molecular formula is C27H21N5O6S. The molecule has 1 atom stereocenters. The number of carbonyl (C=O) groups is 2. The number of rotatable bonds is 7. The summed E-state index contributed by atoms with van der Waals surface area (Å²) in [6, 6.07) is 20.1. The van der Waals surface area contributed by atoms with E-state index < -0.39 is 22.8 Å². The van der Waals surface area contributed by atoms with Crippen molar-refractivity contribution in [1.29, 1.82) is 5.26 Å². The minimum Gasteiger partial charge on any atom is -0.466 e. The third-order valence-corrected chi connectivity index (χ3v) is 6.88. The topological polar surface area (TPSA) is 162 Å². The van der Waals surface area contributed by atoms with Gasteiger partial charge in [0.25, 0.3) is 0 Å². The van der Waals surface area contributed by atoms with E-state index in [0.29, 0.717) is 16.1 Å². The SMILES string of the molecule is COC(=O)C1=C(C(=O)OC)N(c2ccc(Sc3ncccc3[N+](=O)[O-])cc2)C(N)=C(C#N)C1c1ccccc1. The van der Waals surface area contributed by atoms with Gasteiger partial charge >= 0.3 is 17.6 Å². The molecule has 4 rings (SSSR count). The average molecular weight is 544 g/mol. The Morgan fingerprint density at radius 1 is 1.05 bits per heavy atom. The molecule has 1 aliphatic heterocycles. The number of allylic oxidation sites excluding steroid dienone is 1. The summed E-state index contributed by atoms with van der Waals surface area (Å²) >= 11 is 1.08. The second-order valence-electron chi connectivity index (χ2n) is 8.02. The van der Waals surface area contributed by atoms with Crippen molar-refractivity contribution in [2.45, 2.75) is 15.8 Å². The molecule has 0 aliphatic carbocycles. The number of nitro groups is 1. The van der Waals surface area contributed by atoms with Crippen LogP contribution in [0.3, 0.4) is 0 Å². The Kier molecular flexibility index (Phi) is 7.93. The van der Waals surface area contributed by atoms with Crippen LogP contribution in [0.5, 0.6) is 0 Å². The molecule has 1 unspecified atom stereocenters. The Morgan fingerprint density at radius 2 is 1.72 bits per heavy atom. The van der Waals surface area contributed by atoms with Crippen molar-refractivity contribution in [2.24, 2.45) is 5.73 Å². The van der Waals surface area contributed by atoms with E-state index in [1.54, 1.807) is 54.6 Å². The summed E-state index contributed by atoms with van der Waals surface area (Å²) in [4.78, 5) is 43.1. The van der Waals surface area contributed by atoms with Crippen molar-refractivity contribution in [1.82, 2.24) is 4.98 Å². The van der Waals surface area contributed by atoms with Gasteiger partial charge in [0.1, 0.15) is 11.5 Å². The number of hydrogen-bond donors (Lipinski definition) is 1. The standard InChI is InChI=1S/C27H21N5O6S/c1-37-26(33)22-21(16-7-4-3-5-8-16)19(15-28)24(29)31(23(22)27(34)38-2)17-10-12-18(13-11-17)39-25-20(32(35)36)9-6-14-30-25/h3-14,21H,29H2,1-2H3. The van der Waals surface area contributed by atoms with Gasteiger partial charge in [-0.2, -0.15) is 5.26 Å². The number of nitriles is 1. The lowest BCUT2D eigenvalue weighted by Gasteiger charge is -2.35. The fourth-order valence-electron chi connectivity index (χ4n) is 4.16. The van der Waals surface area contributed by atoms with Crippen LogP contribution in [0.1, 0.15) is 11.5 Å². The second-order valence-corrected chi connectivity index (χ2v) is 9.08. The molecule has 39 heavy (non-hydrogen) atoms. The first-order valence-electron chi connectivity index (χ1n) is 11.3. The van der Waals surface area contributed by atoms with Gasteiger partial charge in [0.05, 0.1) is 42.3 Å². The van der Waals surface area contributed by atoms with Crippen LogP contribution in [0.15, 0.2) is 106 Å². The maximum Gasteiger partial charge on any atom is 0.355 e. The second kappa shape index (κ2) is 11.5. The van der Waals surface area contributed by atoms with E-state index in [1.165, 1.54) is 37.4 Å². The average Bonchev–Trinajstić information content (AvgIpc) is 2.96. The number of esters is 2. The zero-order valence-electron chi connectivity index (χ0n) is 20.7. The molecule has 0 saturated carbocycles. The maximum absolute atomic E-state index is 13.1. The molecule has 2 N–H and O–H groups in total. The number of hydrogen-bond acceptors (Lipinski definition) is 11. The Labute approximate surface area is 227 Å². The minimum atomic E-state index is -0.978. The molecule has 1 aromatic heterocycles. The Morgan fingerprint density at radius 3 is 2.31 bits per heavy atom. The predicted octanol–water partition coefficient (Wildman–Crippen LogP) is 4.04. The number of aromatic nitrogens is 1. The minimum absolute atomic E-state index is 0.0387. The summed E-state index contributed by atoms with van der Waals surface area (Å²) in [5.41, 5.74) is 6.99. The third-order valence-electron chi connectivity index (χ3n) is 5.87. The van der Waals surface area contributed by atoms with Gasteiger partial charge in [0.15, 0.2) is 5.03 Å². The molecule has 0 radical (unpaired) electrons. The molecule has 3 aromatic rings. The van der Waals surface area contributed by atoms with Crippen LogP contribution in [0.4, 0.5) is 11.4 Å². The Balaban J connectivity index is 1.86. The van der Waals surface area contributed by atoms with Crippen molar-refractivity contribution in [3.8, 4) is 6.07 Å². The molecule has 196 valence electrons. The molecule has 0 bridgehead atoms. The third kappa shape index (κ3) is 5.16. The van der Waals surface area contributed by atoms with E-state index >= 15 is 0 Å². The maximum atomic E-state index is 13.1. The molecule has 12 heteroatoms.